The molecule has 0 fully saturated rings. The molecule has 118 valence electrons. The normalized spacial score (nSPS) is 11.1. The van der Waals surface area contributed by atoms with E-state index in [4.69, 9.17) is 27.4 Å². The van der Waals surface area contributed by atoms with Crippen molar-refractivity contribution in [3.05, 3.63) is 29.8 Å². The number of ether oxygens (including phenoxy) is 2. The van der Waals surface area contributed by atoms with Gasteiger partial charge >= 0.3 is 0 Å². The number of benzene rings is 1. The molecule has 0 aliphatic carbocycles. The summed E-state index contributed by atoms with van der Waals surface area (Å²) in [6, 6.07) is 7.61. The van der Waals surface area contributed by atoms with Crippen LogP contribution in [0.1, 0.15) is 25.8 Å². The van der Waals surface area contributed by atoms with Gasteiger partial charge in [-0.05, 0) is 39.4 Å². The van der Waals surface area contributed by atoms with Gasteiger partial charge in [0, 0.05) is 13.1 Å². The van der Waals surface area contributed by atoms with Crippen molar-refractivity contribution >= 4 is 17.2 Å². The Balaban J connectivity index is 2.24. The molecule has 0 amide bonds. The Labute approximate surface area is 133 Å². The molecule has 0 saturated carbocycles. The van der Waals surface area contributed by atoms with Crippen molar-refractivity contribution in [1.29, 1.82) is 0 Å². The molecule has 4 nitrogen and oxygen atoms in total. The molecule has 0 aromatic heterocycles. The molecular formula is C16H26N2O2S. The summed E-state index contributed by atoms with van der Waals surface area (Å²) in [4.78, 5) is 2.61. The standard InChI is InChI=1S/C16H26N2O2S/c1-13(2)19-12-10-18(3)9-6-11-20-15-8-5-4-7-14(15)16(17)21/h4-5,7-8,13H,6,9-12H2,1-3H3,(H2,17,21). The fourth-order valence-corrected chi connectivity index (χ4v) is 2.04. The second kappa shape index (κ2) is 9.71. The molecule has 0 radical (unpaired) electrons. The van der Waals surface area contributed by atoms with Gasteiger partial charge in [0.15, 0.2) is 0 Å². The smallest absolute Gasteiger partial charge is 0.129 e. The zero-order valence-electron chi connectivity index (χ0n) is 13.2. The number of nitrogens with two attached hydrogens (primary N) is 1. The minimum absolute atomic E-state index is 0.290. The third-order valence-corrected chi connectivity index (χ3v) is 3.24. The number of para-hydroxylation sites is 1. The lowest BCUT2D eigenvalue weighted by molar-refractivity contribution is 0.0630. The van der Waals surface area contributed by atoms with Gasteiger partial charge in [0.1, 0.15) is 10.7 Å². The van der Waals surface area contributed by atoms with E-state index in [2.05, 4.69) is 11.9 Å². The van der Waals surface area contributed by atoms with Gasteiger partial charge in [0.2, 0.25) is 0 Å². The summed E-state index contributed by atoms with van der Waals surface area (Å²) >= 11 is 5.01. The first-order chi connectivity index (χ1) is 10.0. The first-order valence-corrected chi connectivity index (χ1v) is 7.73. The third kappa shape index (κ3) is 7.41. The molecule has 0 aliphatic rings. The molecule has 0 saturated heterocycles. The first-order valence-electron chi connectivity index (χ1n) is 7.32. The Morgan fingerprint density at radius 1 is 1.24 bits per heavy atom. The topological polar surface area (TPSA) is 47.7 Å². The third-order valence-electron chi connectivity index (χ3n) is 3.02. The van der Waals surface area contributed by atoms with Gasteiger partial charge in [-0.3, -0.25) is 0 Å². The van der Waals surface area contributed by atoms with Crippen molar-refractivity contribution in [3.8, 4) is 5.75 Å². The zero-order chi connectivity index (χ0) is 15.7. The molecule has 0 bridgehead atoms. The second-order valence-electron chi connectivity index (χ2n) is 5.29. The molecule has 1 aromatic rings. The van der Waals surface area contributed by atoms with Gasteiger partial charge in [0.05, 0.1) is 24.9 Å². The van der Waals surface area contributed by atoms with Crippen molar-refractivity contribution in [3.63, 3.8) is 0 Å². The summed E-state index contributed by atoms with van der Waals surface area (Å²) in [6.07, 6.45) is 1.24. The van der Waals surface area contributed by atoms with Crippen molar-refractivity contribution in [1.82, 2.24) is 4.90 Å². The summed E-state index contributed by atoms with van der Waals surface area (Å²) in [5.41, 5.74) is 6.47. The highest BCUT2D eigenvalue weighted by atomic mass is 32.1. The lowest BCUT2D eigenvalue weighted by Crippen LogP contribution is -2.26. The van der Waals surface area contributed by atoms with Gasteiger partial charge in [-0.1, -0.05) is 24.4 Å². The molecule has 1 rings (SSSR count). The van der Waals surface area contributed by atoms with Crippen LogP contribution in [0.3, 0.4) is 0 Å². The highest BCUT2D eigenvalue weighted by Gasteiger charge is 2.05. The lowest BCUT2D eigenvalue weighted by atomic mass is 10.2. The Kier molecular flexibility index (Phi) is 8.27. The Morgan fingerprint density at radius 3 is 2.62 bits per heavy atom. The van der Waals surface area contributed by atoms with Gasteiger partial charge in [-0.15, -0.1) is 0 Å². The van der Waals surface area contributed by atoms with Crippen molar-refractivity contribution < 1.29 is 9.47 Å². The van der Waals surface area contributed by atoms with E-state index in [0.29, 0.717) is 17.7 Å². The number of rotatable bonds is 10. The summed E-state index contributed by atoms with van der Waals surface area (Å²) in [5, 5.41) is 0. The van der Waals surface area contributed by atoms with Crippen LogP contribution < -0.4 is 10.5 Å². The van der Waals surface area contributed by atoms with Gasteiger partial charge < -0.3 is 20.1 Å². The SMILES string of the molecule is CC(C)OCCN(C)CCCOc1ccccc1C(N)=S. The average molecular weight is 310 g/mol. The Bertz CT molecular complexity index is 438. The van der Waals surface area contributed by atoms with Crippen LogP contribution in [0.5, 0.6) is 5.75 Å². The highest BCUT2D eigenvalue weighted by molar-refractivity contribution is 7.80. The van der Waals surface area contributed by atoms with Gasteiger partial charge in [-0.2, -0.15) is 0 Å². The van der Waals surface area contributed by atoms with Crippen molar-refractivity contribution in [2.45, 2.75) is 26.4 Å². The number of nitrogens with zero attached hydrogens (tertiary/aromatic N) is 1. The van der Waals surface area contributed by atoms with Crippen LogP contribution in [-0.4, -0.2) is 49.3 Å². The fourth-order valence-electron chi connectivity index (χ4n) is 1.87. The number of likely N-dealkylation sites (N-methyl/N-ethyl adjacent to an activating group) is 1. The van der Waals surface area contributed by atoms with E-state index in [1.54, 1.807) is 0 Å². The van der Waals surface area contributed by atoms with E-state index in [1.807, 2.05) is 38.1 Å². The Morgan fingerprint density at radius 2 is 1.95 bits per heavy atom. The van der Waals surface area contributed by atoms with Crippen LogP contribution in [0.4, 0.5) is 0 Å². The minimum atomic E-state index is 0.290. The van der Waals surface area contributed by atoms with E-state index in [-0.39, 0.29) is 0 Å². The van der Waals surface area contributed by atoms with Crippen LogP contribution in [0.2, 0.25) is 0 Å². The molecule has 0 heterocycles. The van der Waals surface area contributed by atoms with Gasteiger partial charge in [0.25, 0.3) is 0 Å². The summed E-state index contributed by atoms with van der Waals surface area (Å²) in [7, 11) is 2.09. The molecule has 1 aromatic carbocycles. The van der Waals surface area contributed by atoms with Crippen LogP contribution >= 0.6 is 12.2 Å². The predicted molar refractivity (Wildman–Crippen MR) is 91.0 cm³/mol. The quantitative estimate of drug-likeness (QED) is 0.531. The summed E-state index contributed by atoms with van der Waals surface area (Å²) < 4.78 is 11.3. The molecule has 0 unspecified atom stereocenters. The maximum Gasteiger partial charge on any atom is 0.129 e. The zero-order valence-corrected chi connectivity index (χ0v) is 14.0. The summed E-state index contributed by atoms with van der Waals surface area (Å²) in [6.45, 7) is 7.41. The Hall–Kier alpha value is -1.17. The summed E-state index contributed by atoms with van der Waals surface area (Å²) in [5.74, 6) is 0.760. The largest absolute Gasteiger partial charge is 0.493 e. The predicted octanol–water partition coefficient (Wildman–Crippen LogP) is 2.45. The van der Waals surface area contributed by atoms with Crippen LogP contribution in [0.15, 0.2) is 24.3 Å². The molecular weight excluding hydrogens is 284 g/mol. The molecule has 0 aliphatic heterocycles. The maximum absolute atomic E-state index is 5.77. The van der Waals surface area contributed by atoms with E-state index in [1.165, 1.54) is 0 Å². The molecule has 2 N–H and O–H groups in total. The fraction of sp³-hybridized carbons (Fsp3) is 0.562. The second-order valence-corrected chi connectivity index (χ2v) is 5.73. The van der Waals surface area contributed by atoms with E-state index in [0.717, 1.165) is 37.4 Å². The number of hydrogen-bond donors (Lipinski definition) is 1. The van der Waals surface area contributed by atoms with E-state index >= 15 is 0 Å². The van der Waals surface area contributed by atoms with Crippen LogP contribution in [0, 0.1) is 0 Å². The highest BCUT2D eigenvalue weighted by Crippen LogP contribution is 2.17. The van der Waals surface area contributed by atoms with Gasteiger partial charge in [-0.25, -0.2) is 0 Å². The molecule has 5 heteroatoms. The van der Waals surface area contributed by atoms with Crippen LogP contribution in [0.25, 0.3) is 0 Å². The molecule has 0 atom stereocenters. The molecule has 0 spiro atoms. The average Bonchev–Trinajstić information content (AvgIpc) is 2.43. The number of thiocarbonyl (C=S) groups is 1. The maximum atomic E-state index is 5.77. The monoisotopic (exact) mass is 310 g/mol. The van der Waals surface area contributed by atoms with E-state index < -0.39 is 0 Å². The van der Waals surface area contributed by atoms with E-state index in [9.17, 15) is 0 Å². The first kappa shape index (κ1) is 17.9. The van der Waals surface area contributed by atoms with Crippen molar-refractivity contribution in [2.75, 3.05) is 33.4 Å². The van der Waals surface area contributed by atoms with Crippen LogP contribution in [-0.2, 0) is 4.74 Å². The minimum Gasteiger partial charge on any atom is -0.493 e. The van der Waals surface area contributed by atoms with Crippen molar-refractivity contribution in [2.24, 2.45) is 5.73 Å². The molecule has 21 heavy (non-hydrogen) atoms. The number of hydrogen-bond acceptors (Lipinski definition) is 4. The lowest BCUT2D eigenvalue weighted by Gasteiger charge is -2.18.